The number of nitrogens with zero attached hydrogens (tertiary/aromatic N) is 5. The van der Waals surface area contributed by atoms with Gasteiger partial charge in [0.05, 0.1) is 11.6 Å². The monoisotopic (exact) mass is 1130 g/mol. The molecule has 3 aliphatic carbocycles. The summed E-state index contributed by atoms with van der Waals surface area (Å²) in [5.41, 5.74) is 18.2. The predicted molar refractivity (Wildman–Crippen MR) is 297 cm³/mol. The van der Waals surface area contributed by atoms with Crippen LogP contribution in [0, 0.1) is 19.1 Å². The van der Waals surface area contributed by atoms with E-state index >= 15 is 0 Å². The molecule has 73 heavy (non-hydrogen) atoms. The van der Waals surface area contributed by atoms with Gasteiger partial charge in [-0.2, -0.15) is 0 Å². The van der Waals surface area contributed by atoms with Crippen molar-refractivity contribution < 1.29 is 21.1 Å². The Bertz CT molecular complexity index is 3220. The van der Waals surface area contributed by atoms with E-state index in [1.54, 1.807) is 0 Å². The van der Waals surface area contributed by atoms with Gasteiger partial charge in [0.15, 0.2) is 0 Å². The molecule has 2 heterocycles. The Balaban J connectivity index is 0.00000574. The third kappa shape index (κ3) is 10.1. The topological polar surface area (TPSA) is 38.9 Å². The minimum Gasteiger partial charge on any atom is -0.346 e. The maximum absolute atomic E-state index is 5.21. The van der Waals surface area contributed by atoms with Gasteiger partial charge in [0.25, 0.3) is 0 Å². The van der Waals surface area contributed by atoms with Crippen molar-refractivity contribution >= 4 is 17.1 Å². The number of anilines is 3. The first-order chi connectivity index (χ1) is 35.6. The van der Waals surface area contributed by atoms with Crippen LogP contribution in [-0.4, -0.2) is 19.1 Å². The van der Waals surface area contributed by atoms with Crippen molar-refractivity contribution in [3.8, 4) is 56.4 Å². The molecule has 5 nitrogen and oxygen atoms in total. The molecule has 0 saturated heterocycles. The van der Waals surface area contributed by atoms with Gasteiger partial charge in [-0.1, -0.05) is 137 Å². The second-order valence-electron chi connectivity index (χ2n) is 20.8. The number of benzene rings is 7. The summed E-state index contributed by atoms with van der Waals surface area (Å²) in [6.45, 7) is 2.27. The van der Waals surface area contributed by atoms with Crippen LogP contribution < -0.4 is 4.90 Å². The molecule has 368 valence electrons. The molecule has 6 heteroatoms. The van der Waals surface area contributed by atoms with Crippen molar-refractivity contribution in [3.63, 3.8) is 0 Å². The Kier molecular flexibility index (Phi) is 14.9. The zero-order valence-electron chi connectivity index (χ0n) is 42.1. The molecule has 0 unspecified atom stereocenters. The normalized spacial score (nSPS) is 15.7. The summed E-state index contributed by atoms with van der Waals surface area (Å²) in [5.74, 6) is 3.33. The van der Waals surface area contributed by atoms with E-state index in [1.807, 2.05) is 12.4 Å². The standard InChI is InChI=1S/C67H65N5.Pt/c1-48-42-56(49-22-8-2-9-23-49)45-61(51-26-12-4-13-27-51)64(48)70-40-38-68-66(70)54-32-20-36-59(43-54)72(58-34-18-7-19-35-58)60-37-21-33-55(44-60)67-69-39-41-71(67)65-62(52-28-14-5-15-29-52)46-57(50-24-10-3-11-25-50)47-63(65)53-30-16-6-17-31-53;/h2-3,7-11,18-25,32-42,45-47,51-53H,4-6,12-17,26-31H2,1H3;/q-2;+2. The molecule has 3 saturated carbocycles. The Morgan fingerprint density at radius 2 is 0.822 bits per heavy atom. The minimum atomic E-state index is 0. The summed E-state index contributed by atoms with van der Waals surface area (Å²) in [6.07, 6.45) is 27.3. The fourth-order valence-electron chi connectivity index (χ4n) is 12.6. The first-order valence-electron chi connectivity index (χ1n) is 27.1. The molecule has 0 spiro atoms. The van der Waals surface area contributed by atoms with E-state index < -0.39 is 0 Å². The molecule has 3 fully saturated rings. The van der Waals surface area contributed by atoms with Crippen LogP contribution in [0.15, 0.2) is 176 Å². The van der Waals surface area contributed by atoms with Crippen molar-refractivity contribution in [2.24, 2.45) is 0 Å². The zero-order valence-corrected chi connectivity index (χ0v) is 44.4. The predicted octanol–water partition coefficient (Wildman–Crippen LogP) is 18.2. The number of aryl methyl sites for hydroxylation is 1. The summed E-state index contributed by atoms with van der Waals surface area (Å²) in [7, 11) is 0. The Labute approximate surface area is 447 Å². The van der Waals surface area contributed by atoms with E-state index in [1.165, 1.54) is 152 Å². The quantitative estimate of drug-likeness (QED) is 0.114. The molecule has 0 radical (unpaired) electrons. The van der Waals surface area contributed by atoms with Crippen LogP contribution in [0.3, 0.4) is 0 Å². The van der Waals surface area contributed by atoms with Gasteiger partial charge in [-0.05, 0) is 155 Å². The summed E-state index contributed by atoms with van der Waals surface area (Å²) >= 11 is 0. The fourth-order valence-corrected chi connectivity index (χ4v) is 12.6. The number of para-hydroxylation sites is 1. The van der Waals surface area contributed by atoms with Crippen molar-refractivity contribution in [2.45, 2.75) is 121 Å². The van der Waals surface area contributed by atoms with Gasteiger partial charge in [-0.25, -0.2) is 0 Å². The SMILES string of the molecule is Cc1cc(-c2ccccc2)cc(C2CCCCC2)c1-n1ccnc1-c1[c-]c(N(c2[c-]c(-c3nccn3-c3c(C4CCCCC4)cc(-c4ccccc4)cc3C3CCCCC3)ccc2)c2ccccc2)ccc1.[Pt+2]. The Morgan fingerprint density at radius 1 is 0.425 bits per heavy atom. The van der Waals surface area contributed by atoms with Crippen LogP contribution in [0.25, 0.3) is 56.4 Å². The second kappa shape index (κ2) is 22.3. The van der Waals surface area contributed by atoms with E-state index in [0.717, 1.165) is 39.8 Å². The van der Waals surface area contributed by atoms with Crippen molar-refractivity contribution in [3.05, 3.63) is 211 Å². The van der Waals surface area contributed by atoms with Crippen LogP contribution in [-0.2, 0) is 21.1 Å². The van der Waals surface area contributed by atoms with E-state index in [0.29, 0.717) is 17.8 Å². The van der Waals surface area contributed by atoms with Crippen LogP contribution in [0.5, 0.6) is 0 Å². The molecule has 0 bridgehead atoms. The van der Waals surface area contributed by atoms with Gasteiger partial charge in [0.2, 0.25) is 0 Å². The molecule has 0 amide bonds. The number of hydrogen-bond acceptors (Lipinski definition) is 3. The number of rotatable bonds is 12. The molecule has 0 N–H and O–H groups in total. The molecule has 9 aromatic rings. The maximum Gasteiger partial charge on any atom is 2.00 e. The van der Waals surface area contributed by atoms with Gasteiger partial charge in [0.1, 0.15) is 0 Å². The second-order valence-corrected chi connectivity index (χ2v) is 20.8. The van der Waals surface area contributed by atoms with Gasteiger partial charge in [-0.3, -0.25) is 9.97 Å². The number of imidazole rings is 2. The third-order valence-electron chi connectivity index (χ3n) is 16.1. The summed E-state index contributed by atoms with van der Waals surface area (Å²) < 4.78 is 4.77. The first-order valence-corrected chi connectivity index (χ1v) is 27.1. The minimum absolute atomic E-state index is 0. The molecular formula is C67H65N5Pt. The molecule has 0 aliphatic heterocycles. The Morgan fingerprint density at radius 3 is 1.27 bits per heavy atom. The van der Waals surface area contributed by atoms with Crippen molar-refractivity contribution in [1.82, 2.24) is 19.1 Å². The molecule has 2 aromatic heterocycles. The van der Waals surface area contributed by atoms with Gasteiger partial charge in [0, 0.05) is 41.8 Å². The zero-order chi connectivity index (χ0) is 48.2. The van der Waals surface area contributed by atoms with E-state index in [9.17, 15) is 0 Å². The van der Waals surface area contributed by atoms with Crippen molar-refractivity contribution in [2.75, 3.05) is 4.90 Å². The van der Waals surface area contributed by atoms with Crippen LogP contribution >= 0.6 is 0 Å². The smallest absolute Gasteiger partial charge is 0.346 e. The molecule has 3 aliphatic rings. The van der Waals surface area contributed by atoms with Crippen LogP contribution in [0.4, 0.5) is 17.1 Å². The van der Waals surface area contributed by atoms with Gasteiger partial charge >= 0.3 is 21.1 Å². The molecular weight excluding hydrogens is 1070 g/mol. The largest absolute Gasteiger partial charge is 2.00 e. The fraction of sp³-hybridized carbons (Fsp3) is 0.284. The van der Waals surface area contributed by atoms with Crippen molar-refractivity contribution in [1.29, 1.82) is 0 Å². The molecule has 12 rings (SSSR count). The van der Waals surface area contributed by atoms with E-state index in [2.05, 4.69) is 197 Å². The first kappa shape index (κ1) is 48.7. The van der Waals surface area contributed by atoms with Gasteiger partial charge in [-0.15, -0.1) is 59.7 Å². The number of aromatic nitrogens is 4. The maximum atomic E-state index is 5.21. The molecule has 0 atom stereocenters. The van der Waals surface area contributed by atoms with Crippen LogP contribution in [0.1, 0.15) is 136 Å². The number of hydrogen-bond donors (Lipinski definition) is 0. The Hall–Kier alpha value is -6.55. The van der Waals surface area contributed by atoms with Gasteiger partial charge < -0.3 is 14.0 Å². The average molecular weight is 1140 g/mol. The summed E-state index contributed by atoms with van der Waals surface area (Å²) in [5, 5.41) is 0. The van der Waals surface area contributed by atoms with Crippen LogP contribution in [0.2, 0.25) is 0 Å². The van der Waals surface area contributed by atoms with E-state index in [4.69, 9.17) is 9.97 Å². The molecule has 7 aromatic carbocycles. The summed E-state index contributed by atoms with van der Waals surface area (Å²) in [4.78, 5) is 12.6. The third-order valence-corrected chi connectivity index (χ3v) is 16.1. The summed E-state index contributed by atoms with van der Waals surface area (Å²) in [6, 6.07) is 63.4. The average Bonchev–Trinajstić information content (AvgIpc) is 4.16. The van der Waals surface area contributed by atoms with E-state index in [-0.39, 0.29) is 21.1 Å².